The number of aryl methyl sites for hydroxylation is 1. The quantitative estimate of drug-likeness (QED) is 0.376. The molecular formula is C20H22N4O4S2. The first kappa shape index (κ1) is 21.8. The molecule has 0 saturated heterocycles. The predicted molar refractivity (Wildman–Crippen MR) is 118 cm³/mol. The van der Waals surface area contributed by atoms with Crippen LogP contribution < -0.4 is 11.1 Å². The van der Waals surface area contributed by atoms with Crippen molar-refractivity contribution in [1.29, 1.82) is 0 Å². The zero-order chi connectivity index (χ0) is 22.0. The molecule has 0 aliphatic carbocycles. The lowest BCUT2D eigenvalue weighted by Crippen LogP contribution is -2.18. The number of nitrogens with two attached hydrogens (primary N) is 1. The van der Waals surface area contributed by atoms with Gasteiger partial charge in [-0.1, -0.05) is 17.8 Å². The van der Waals surface area contributed by atoms with Crippen molar-refractivity contribution in [3.8, 4) is 0 Å². The predicted octanol–water partition coefficient (Wildman–Crippen LogP) is 3.64. The van der Waals surface area contributed by atoms with E-state index < -0.39 is 11.9 Å². The highest BCUT2D eigenvalue weighted by Gasteiger charge is 2.26. The van der Waals surface area contributed by atoms with Crippen LogP contribution in [-0.2, 0) is 9.53 Å². The largest absolute Gasteiger partial charge is 0.459 e. The maximum Gasteiger partial charge on any atom is 0.341 e. The van der Waals surface area contributed by atoms with Crippen LogP contribution in [0.5, 0.6) is 0 Å². The average molecular weight is 447 g/mol. The summed E-state index contributed by atoms with van der Waals surface area (Å²) in [7, 11) is 0. The van der Waals surface area contributed by atoms with Gasteiger partial charge in [0.2, 0.25) is 5.91 Å². The number of H-pyrrole nitrogens is 1. The van der Waals surface area contributed by atoms with Gasteiger partial charge in [0, 0.05) is 0 Å². The third-order valence-electron chi connectivity index (χ3n) is 4.13. The number of imidazole rings is 1. The van der Waals surface area contributed by atoms with E-state index in [0.717, 1.165) is 27.9 Å². The Morgan fingerprint density at radius 1 is 1.30 bits per heavy atom. The van der Waals surface area contributed by atoms with E-state index in [1.54, 1.807) is 20.8 Å². The van der Waals surface area contributed by atoms with Crippen molar-refractivity contribution in [2.45, 2.75) is 39.0 Å². The van der Waals surface area contributed by atoms with Crippen molar-refractivity contribution < 1.29 is 19.1 Å². The summed E-state index contributed by atoms with van der Waals surface area (Å²) in [6.07, 6.45) is -0.343. The number of amides is 2. The van der Waals surface area contributed by atoms with Crippen molar-refractivity contribution in [3.63, 3.8) is 0 Å². The van der Waals surface area contributed by atoms with Gasteiger partial charge in [-0.25, -0.2) is 9.78 Å². The standard InChI is InChI=1S/C20H22N4O4S2/c1-9(2)28-19(27)15-11(4)16(17(21)26)30-18(15)24-14(25)8-29-20-22-12-6-5-10(3)7-13(12)23-20/h5-7,9H,8H2,1-4H3,(H2,21,26)(H,22,23)(H,24,25). The Hall–Kier alpha value is -2.85. The number of carbonyl (C=O) groups is 3. The summed E-state index contributed by atoms with van der Waals surface area (Å²) >= 11 is 2.20. The van der Waals surface area contributed by atoms with Gasteiger partial charge in [-0.2, -0.15) is 0 Å². The second kappa shape index (κ2) is 8.88. The Morgan fingerprint density at radius 3 is 2.70 bits per heavy atom. The number of benzene rings is 1. The number of fused-ring (bicyclic) bond motifs is 1. The van der Waals surface area contributed by atoms with Gasteiger partial charge in [-0.05, 0) is 51.0 Å². The molecular weight excluding hydrogens is 424 g/mol. The Bertz CT molecular complexity index is 1130. The van der Waals surface area contributed by atoms with Crippen LogP contribution in [-0.4, -0.2) is 39.6 Å². The Balaban J connectivity index is 1.75. The van der Waals surface area contributed by atoms with E-state index in [1.165, 1.54) is 11.8 Å². The highest BCUT2D eigenvalue weighted by atomic mass is 32.2. The van der Waals surface area contributed by atoms with Crippen molar-refractivity contribution in [3.05, 3.63) is 39.8 Å². The summed E-state index contributed by atoms with van der Waals surface area (Å²) in [6.45, 7) is 7.04. The van der Waals surface area contributed by atoms with Crippen LogP contribution in [0.2, 0.25) is 0 Å². The number of thioether (sulfide) groups is 1. The molecule has 8 nitrogen and oxygen atoms in total. The van der Waals surface area contributed by atoms with Gasteiger partial charge >= 0.3 is 5.97 Å². The van der Waals surface area contributed by atoms with E-state index in [-0.39, 0.29) is 33.2 Å². The molecule has 0 atom stereocenters. The molecule has 158 valence electrons. The van der Waals surface area contributed by atoms with Gasteiger partial charge in [0.15, 0.2) is 5.16 Å². The molecule has 0 fully saturated rings. The number of aromatic nitrogens is 2. The number of anilines is 1. The summed E-state index contributed by atoms with van der Waals surface area (Å²) in [6, 6.07) is 5.87. The minimum atomic E-state index is -0.663. The second-order valence-electron chi connectivity index (χ2n) is 6.98. The van der Waals surface area contributed by atoms with Crippen molar-refractivity contribution in [2.75, 3.05) is 11.1 Å². The molecule has 0 aliphatic rings. The summed E-state index contributed by atoms with van der Waals surface area (Å²) in [5.74, 6) is -1.54. The fourth-order valence-corrected chi connectivity index (χ4v) is 4.57. The third-order valence-corrected chi connectivity index (χ3v) is 6.22. The third kappa shape index (κ3) is 4.82. The van der Waals surface area contributed by atoms with Crippen LogP contribution >= 0.6 is 23.1 Å². The summed E-state index contributed by atoms with van der Waals surface area (Å²) < 4.78 is 5.25. The van der Waals surface area contributed by atoms with E-state index in [2.05, 4.69) is 15.3 Å². The average Bonchev–Trinajstić information content (AvgIpc) is 3.19. The Labute approximate surface area is 181 Å². The van der Waals surface area contributed by atoms with E-state index in [4.69, 9.17) is 10.5 Å². The van der Waals surface area contributed by atoms with Crippen LogP contribution in [0.25, 0.3) is 11.0 Å². The molecule has 0 radical (unpaired) electrons. The van der Waals surface area contributed by atoms with Gasteiger partial charge in [-0.15, -0.1) is 11.3 Å². The highest BCUT2D eigenvalue weighted by Crippen LogP contribution is 2.34. The molecule has 10 heteroatoms. The topological polar surface area (TPSA) is 127 Å². The maximum absolute atomic E-state index is 12.5. The molecule has 3 rings (SSSR count). The molecule has 30 heavy (non-hydrogen) atoms. The molecule has 2 heterocycles. The van der Waals surface area contributed by atoms with Crippen LogP contribution in [0.3, 0.4) is 0 Å². The fraction of sp³-hybridized carbons (Fsp3) is 0.300. The Kier molecular flexibility index (Phi) is 6.47. The number of rotatable bonds is 7. The zero-order valence-electron chi connectivity index (χ0n) is 17.0. The first-order valence-electron chi connectivity index (χ1n) is 9.19. The first-order valence-corrected chi connectivity index (χ1v) is 11.0. The number of hydrogen-bond donors (Lipinski definition) is 3. The molecule has 3 aromatic rings. The lowest BCUT2D eigenvalue weighted by molar-refractivity contribution is -0.113. The van der Waals surface area contributed by atoms with Crippen LogP contribution in [0.1, 0.15) is 45.0 Å². The number of primary amides is 1. The molecule has 2 amide bonds. The molecule has 0 saturated carbocycles. The number of nitrogens with zero attached hydrogens (tertiary/aromatic N) is 1. The van der Waals surface area contributed by atoms with Crippen molar-refractivity contribution in [1.82, 2.24) is 9.97 Å². The van der Waals surface area contributed by atoms with Crippen LogP contribution in [0.4, 0.5) is 5.00 Å². The molecule has 0 bridgehead atoms. The van der Waals surface area contributed by atoms with Gasteiger partial charge in [-0.3, -0.25) is 9.59 Å². The number of hydrogen-bond acceptors (Lipinski definition) is 7. The molecule has 0 aliphatic heterocycles. The lowest BCUT2D eigenvalue weighted by Gasteiger charge is -2.10. The number of thiophene rings is 1. The summed E-state index contributed by atoms with van der Waals surface area (Å²) in [5, 5.41) is 3.57. The molecule has 0 unspecified atom stereocenters. The monoisotopic (exact) mass is 446 g/mol. The van der Waals surface area contributed by atoms with Crippen LogP contribution in [0.15, 0.2) is 23.4 Å². The number of aromatic amines is 1. The van der Waals surface area contributed by atoms with Gasteiger partial charge in [0.25, 0.3) is 5.91 Å². The minimum absolute atomic E-state index is 0.0698. The SMILES string of the molecule is Cc1ccc2nc(SCC(=O)Nc3sc(C(N)=O)c(C)c3C(=O)OC(C)C)[nH]c2c1. The number of nitrogens with one attached hydrogen (secondary N) is 2. The van der Waals surface area contributed by atoms with Crippen molar-refractivity contribution >= 4 is 56.9 Å². The van der Waals surface area contributed by atoms with Gasteiger partial charge in [0.1, 0.15) is 5.00 Å². The zero-order valence-corrected chi connectivity index (χ0v) is 18.6. The van der Waals surface area contributed by atoms with Crippen LogP contribution in [0, 0.1) is 13.8 Å². The minimum Gasteiger partial charge on any atom is -0.459 e. The number of esters is 1. The summed E-state index contributed by atoms with van der Waals surface area (Å²) in [4.78, 5) is 44.5. The van der Waals surface area contributed by atoms with Gasteiger partial charge in [0.05, 0.1) is 33.3 Å². The van der Waals surface area contributed by atoms with E-state index in [9.17, 15) is 14.4 Å². The van der Waals surface area contributed by atoms with Crippen molar-refractivity contribution in [2.24, 2.45) is 5.73 Å². The van der Waals surface area contributed by atoms with Gasteiger partial charge < -0.3 is 20.8 Å². The fourth-order valence-electron chi connectivity index (χ4n) is 2.82. The molecule has 0 spiro atoms. The maximum atomic E-state index is 12.5. The van der Waals surface area contributed by atoms with E-state index in [1.807, 2.05) is 25.1 Å². The number of carbonyl (C=O) groups excluding carboxylic acids is 3. The number of ether oxygens (including phenoxy) is 1. The molecule has 4 N–H and O–H groups in total. The molecule has 1 aromatic carbocycles. The lowest BCUT2D eigenvalue weighted by atomic mass is 10.1. The van der Waals surface area contributed by atoms with E-state index in [0.29, 0.717) is 10.7 Å². The Morgan fingerprint density at radius 2 is 2.03 bits per heavy atom. The van der Waals surface area contributed by atoms with E-state index >= 15 is 0 Å². The highest BCUT2D eigenvalue weighted by molar-refractivity contribution is 7.99. The smallest absolute Gasteiger partial charge is 0.341 e. The summed E-state index contributed by atoms with van der Waals surface area (Å²) in [5.41, 5.74) is 8.78. The second-order valence-corrected chi connectivity index (χ2v) is 8.96. The first-order chi connectivity index (χ1) is 14.2. The molecule has 2 aromatic heterocycles. The normalized spacial score (nSPS) is 11.1.